The van der Waals surface area contributed by atoms with Crippen molar-refractivity contribution < 1.29 is 13.2 Å². The molecule has 0 aliphatic carbocycles. The predicted octanol–water partition coefficient (Wildman–Crippen LogP) is 5.35. The Bertz CT molecular complexity index is 1470. The number of fused-ring (bicyclic) bond motifs is 1. The number of halogens is 1. The minimum atomic E-state index is -3.71. The quantitative estimate of drug-likeness (QED) is 0.325. The maximum absolute atomic E-state index is 13.9. The van der Waals surface area contributed by atoms with E-state index in [0.29, 0.717) is 35.4 Å². The molecule has 11 heteroatoms. The van der Waals surface area contributed by atoms with Crippen LogP contribution in [0.15, 0.2) is 59.1 Å². The highest BCUT2D eigenvalue weighted by Crippen LogP contribution is 2.35. The molecule has 4 aromatic rings. The van der Waals surface area contributed by atoms with Gasteiger partial charge in [0.2, 0.25) is 5.91 Å². The number of hydrogen-bond donors (Lipinski definition) is 0. The van der Waals surface area contributed by atoms with Crippen molar-refractivity contribution >= 4 is 65.6 Å². The number of rotatable bonds is 6. The molecule has 5 rings (SSSR count). The van der Waals surface area contributed by atoms with Crippen LogP contribution in [0.3, 0.4) is 0 Å². The maximum Gasteiger partial charge on any atom is 0.252 e. The maximum atomic E-state index is 13.9. The molecule has 1 aliphatic heterocycles. The number of pyridine rings is 1. The zero-order valence-corrected chi connectivity index (χ0v) is 22.1. The first-order chi connectivity index (χ1) is 16.8. The number of piperidine rings is 1. The second-order valence-corrected chi connectivity index (χ2v) is 13.4. The van der Waals surface area contributed by atoms with Crippen LogP contribution in [0.4, 0.5) is 5.13 Å². The number of aryl methyl sites for hydroxylation is 1. The molecule has 0 bridgehead atoms. The number of carbonyl (C=O) groups is 1. The molecule has 182 valence electrons. The van der Waals surface area contributed by atoms with Gasteiger partial charge in [0.15, 0.2) is 5.13 Å². The molecule has 0 N–H and O–H groups in total. The van der Waals surface area contributed by atoms with E-state index in [2.05, 4.69) is 4.98 Å². The van der Waals surface area contributed by atoms with Gasteiger partial charge in [-0.3, -0.25) is 14.7 Å². The number of thiazole rings is 1. The van der Waals surface area contributed by atoms with E-state index in [-0.39, 0.29) is 16.7 Å². The Labute approximate surface area is 217 Å². The Morgan fingerprint density at radius 2 is 2.06 bits per heavy atom. The van der Waals surface area contributed by atoms with Gasteiger partial charge in [0, 0.05) is 25.5 Å². The van der Waals surface area contributed by atoms with Gasteiger partial charge in [-0.25, -0.2) is 13.4 Å². The molecule has 35 heavy (non-hydrogen) atoms. The van der Waals surface area contributed by atoms with Gasteiger partial charge in [-0.05, 0) is 55.2 Å². The van der Waals surface area contributed by atoms with Gasteiger partial charge in [0.05, 0.1) is 27.0 Å². The summed E-state index contributed by atoms with van der Waals surface area (Å²) in [7, 11) is -3.71. The molecule has 7 nitrogen and oxygen atoms in total. The molecule has 1 amide bonds. The Hall–Kier alpha value is -2.37. The number of nitrogens with zero attached hydrogens (tertiary/aromatic N) is 4. The van der Waals surface area contributed by atoms with Gasteiger partial charge in [-0.2, -0.15) is 4.31 Å². The van der Waals surface area contributed by atoms with Crippen molar-refractivity contribution in [1.29, 1.82) is 0 Å². The number of carbonyl (C=O) groups excluding carboxylic acids is 1. The lowest BCUT2D eigenvalue weighted by molar-refractivity contribution is -0.123. The van der Waals surface area contributed by atoms with Crippen LogP contribution in [0.5, 0.6) is 0 Å². The van der Waals surface area contributed by atoms with Crippen molar-refractivity contribution in [3.8, 4) is 0 Å². The van der Waals surface area contributed by atoms with Gasteiger partial charge >= 0.3 is 0 Å². The number of aromatic nitrogens is 2. The number of amides is 1. The van der Waals surface area contributed by atoms with Crippen LogP contribution >= 0.6 is 34.3 Å². The molecule has 4 heterocycles. The lowest BCUT2D eigenvalue weighted by atomic mass is 9.98. The fourth-order valence-corrected chi connectivity index (χ4v) is 8.46. The Morgan fingerprint density at radius 1 is 1.20 bits per heavy atom. The summed E-state index contributed by atoms with van der Waals surface area (Å²) in [4.78, 5) is 24.6. The molecular weight excluding hydrogens is 524 g/mol. The average molecular weight is 547 g/mol. The summed E-state index contributed by atoms with van der Waals surface area (Å²) in [6.45, 7) is 2.82. The van der Waals surface area contributed by atoms with Crippen LogP contribution in [-0.2, 0) is 21.4 Å². The molecule has 1 saturated heterocycles. The number of anilines is 1. The highest BCUT2D eigenvalue weighted by molar-refractivity contribution is 7.91. The summed E-state index contributed by atoms with van der Waals surface area (Å²) in [5.41, 5.74) is 2.80. The molecule has 0 saturated carbocycles. The molecule has 3 aromatic heterocycles. The molecule has 1 fully saturated rings. The molecule has 1 atom stereocenters. The fraction of sp³-hybridized carbons (Fsp3) is 0.292. The zero-order chi connectivity index (χ0) is 24.6. The third-order valence-corrected chi connectivity index (χ3v) is 10.7. The second-order valence-electron chi connectivity index (χ2n) is 8.46. The summed E-state index contributed by atoms with van der Waals surface area (Å²) in [5.74, 6) is -0.603. The van der Waals surface area contributed by atoms with Crippen molar-refractivity contribution in [2.24, 2.45) is 5.92 Å². The first kappa shape index (κ1) is 24.3. The largest absolute Gasteiger partial charge is 0.283 e. The van der Waals surface area contributed by atoms with Crippen molar-refractivity contribution in [2.45, 2.75) is 30.5 Å². The minimum absolute atomic E-state index is 0.129. The number of benzene rings is 1. The first-order valence-electron chi connectivity index (χ1n) is 11.1. The Kier molecular flexibility index (Phi) is 6.91. The first-order valence-corrected chi connectivity index (χ1v) is 14.6. The summed E-state index contributed by atoms with van der Waals surface area (Å²) in [5, 5.41) is 0.605. The zero-order valence-electron chi connectivity index (χ0n) is 18.9. The van der Waals surface area contributed by atoms with E-state index < -0.39 is 15.9 Å². The lowest BCUT2D eigenvalue weighted by Gasteiger charge is -2.33. The monoisotopic (exact) mass is 546 g/mol. The topological polar surface area (TPSA) is 83.5 Å². The second kappa shape index (κ2) is 9.94. The highest BCUT2D eigenvalue weighted by atomic mass is 35.5. The van der Waals surface area contributed by atoms with Crippen LogP contribution in [0.1, 0.15) is 24.0 Å². The molecule has 1 aliphatic rings. The standard InChI is InChI=1S/C24H23ClN4O3S3/c1-16-5-2-8-19-22(16)27-24(33-19)29(14-17-6-3-11-26-13-17)23(30)18-7-4-12-28(15-18)35(31,32)21-10-9-20(25)34-21/h2-3,5-6,8-11,13,18H,4,7,12,14-15H2,1H3. The van der Waals surface area contributed by atoms with Crippen molar-refractivity contribution in [3.05, 3.63) is 70.3 Å². The molecular formula is C24H23ClN4O3S3. The van der Waals surface area contributed by atoms with E-state index >= 15 is 0 Å². The average Bonchev–Trinajstić information content (AvgIpc) is 3.50. The van der Waals surface area contributed by atoms with Gasteiger partial charge in [0.25, 0.3) is 10.0 Å². The summed E-state index contributed by atoms with van der Waals surface area (Å²) >= 11 is 8.48. The minimum Gasteiger partial charge on any atom is -0.283 e. The number of sulfonamides is 1. The van der Waals surface area contributed by atoms with Crippen LogP contribution in [0, 0.1) is 12.8 Å². The van der Waals surface area contributed by atoms with E-state index in [1.165, 1.54) is 21.7 Å². The van der Waals surface area contributed by atoms with E-state index in [1.54, 1.807) is 23.4 Å². The molecule has 1 unspecified atom stereocenters. The van der Waals surface area contributed by atoms with Crippen LogP contribution in [0.2, 0.25) is 4.34 Å². The van der Waals surface area contributed by atoms with Crippen molar-refractivity contribution in [2.75, 3.05) is 18.0 Å². The summed E-state index contributed by atoms with van der Waals surface area (Å²) in [6, 6.07) is 12.8. The van der Waals surface area contributed by atoms with Gasteiger partial charge in [-0.1, -0.05) is 41.1 Å². The van der Waals surface area contributed by atoms with E-state index in [1.807, 2.05) is 37.3 Å². The normalized spacial score (nSPS) is 17.0. The smallest absolute Gasteiger partial charge is 0.252 e. The van der Waals surface area contributed by atoms with Crippen LogP contribution in [0.25, 0.3) is 10.2 Å². The predicted molar refractivity (Wildman–Crippen MR) is 141 cm³/mol. The third kappa shape index (κ3) is 4.99. The van der Waals surface area contributed by atoms with E-state index in [4.69, 9.17) is 16.6 Å². The fourth-order valence-electron chi connectivity index (χ4n) is 4.25. The molecule has 1 aromatic carbocycles. The number of para-hydroxylation sites is 1. The van der Waals surface area contributed by atoms with Gasteiger partial charge in [0.1, 0.15) is 4.21 Å². The van der Waals surface area contributed by atoms with Crippen LogP contribution in [-0.4, -0.2) is 41.7 Å². The highest BCUT2D eigenvalue weighted by Gasteiger charge is 2.37. The summed E-state index contributed by atoms with van der Waals surface area (Å²) < 4.78 is 29.4. The molecule has 0 spiro atoms. The van der Waals surface area contributed by atoms with Crippen molar-refractivity contribution in [3.63, 3.8) is 0 Å². The number of hydrogen-bond acceptors (Lipinski definition) is 7. The van der Waals surface area contributed by atoms with Crippen LogP contribution < -0.4 is 4.90 Å². The Morgan fingerprint density at radius 3 is 2.77 bits per heavy atom. The van der Waals surface area contributed by atoms with E-state index in [0.717, 1.165) is 32.7 Å². The molecule has 0 radical (unpaired) electrons. The number of thiophene rings is 1. The summed E-state index contributed by atoms with van der Waals surface area (Å²) in [6.07, 6.45) is 4.65. The third-order valence-electron chi connectivity index (χ3n) is 6.05. The van der Waals surface area contributed by atoms with Gasteiger partial charge in [-0.15, -0.1) is 11.3 Å². The van der Waals surface area contributed by atoms with Gasteiger partial charge < -0.3 is 0 Å². The van der Waals surface area contributed by atoms with Crippen molar-refractivity contribution in [1.82, 2.24) is 14.3 Å². The Balaban J connectivity index is 1.46. The SMILES string of the molecule is Cc1cccc2sc(N(Cc3cccnc3)C(=O)C3CCCN(S(=O)(=O)c4ccc(Cl)s4)C3)nc12. The van der Waals surface area contributed by atoms with E-state index in [9.17, 15) is 13.2 Å². The lowest BCUT2D eigenvalue weighted by Crippen LogP contribution is -2.46.